The Morgan fingerprint density at radius 1 is 0.903 bits per heavy atom. The molecule has 0 aliphatic heterocycles. The molecule has 2 atom stereocenters. The van der Waals surface area contributed by atoms with Gasteiger partial charge in [0.15, 0.2) is 6.10 Å². The van der Waals surface area contributed by atoms with Crippen molar-refractivity contribution in [3.8, 4) is 5.75 Å². The van der Waals surface area contributed by atoms with Crippen molar-refractivity contribution in [2.45, 2.75) is 59.0 Å². The maximum Gasteiger partial charge on any atom is 0.279 e. The van der Waals surface area contributed by atoms with Crippen LogP contribution in [0.2, 0.25) is 0 Å². The summed E-state index contributed by atoms with van der Waals surface area (Å²) in [5.74, 6) is -0.0142. The maximum absolute atomic E-state index is 12.6. The highest BCUT2D eigenvalue weighted by molar-refractivity contribution is 5.97. The standard InChI is InChI=1S/C24H31N3O4/c1-5-16(4)19-10-8-9-11-21(19)31-20(6-2)24(30)27-26-23(29)17-12-14-18(15-13-17)25-22(28)7-3/h8-16,20H,5-7H2,1-4H3,(H,25,28)(H,26,29)(H,27,30). The second-order valence-corrected chi connectivity index (χ2v) is 7.28. The van der Waals surface area contributed by atoms with E-state index in [1.807, 2.05) is 31.2 Å². The average Bonchev–Trinajstić information content (AvgIpc) is 2.80. The molecule has 166 valence electrons. The largest absolute Gasteiger partial charge is 0.480 e. The lowest BCUT2D eigenvalue weighted by Gasteiger charge is -2.21. The zero-order valence-electron chi connectivity index (χ0n) is 18.5. The quantitative estimate of drug-likeness (QED) is 0.526. The molecule has 0 aromatic heterocycles. The van der Waals surface area contributed by atoms with Crippen LogP contribution in [0.4, 0.5) is 5.69 Å². The first-order chi connectivity index (χ1) is 14.9. The van der Waals surface area contributed by atoms with Gasteiger partial charge in [0.2, 0.25) is 5.91 Å². The normalized spacial score (nSPS) is 12.4. The van der Waals surface area contributed by atoms with E-state index in [9.17, 15) is 14.4 Å². The number of nitrogens with one attached hydrogen (secondary N) is 3. The Bertz CT molecular complexity index is 896. The number of hydrazine groups is 1. The third-order valence-corrected chi connectivity index (χ3v) is 5.05. The van der Waals surface area contributed by atoms with Gasteiger partial charge in [-0.3, -0.25) is 25.2 Å². The van der Waals surface area contributed by atoms with Crippen molar-refractivity contribution in [3.05, 3.63) is 59.7 Å². The highest BCUT2D eigenvalue weighted by atomic mass is 16.5. The van der Waals surface area contributed by atoms with Crippen molar-refractivity contribution in [2.24, 2.45) is 0 Å². The van der Waals surface area contributed by atoms with E-state index < -0.39 is 17.9 Å². The molecule has 31 heavy (non-hydrogen) atoms. The summed E-state index contributed by atoms with van der Waals surface area (Å²) in [7, 11) is 0. The summed E-state index contributed by atoms with van der Waals surface area (Å²) in [6.45, 7) is 7.82. The van der Waals surface area contributed by atoms with Gasteiger partial charge in [0.05, 0.1) is 0 Å². The van der Waals surface area contributed by atoms with Crippen LogP contribution in [0.15, 0.2) is 48.5 Å². The number of hydrogen-bond acceptors (Lipinski definition) is 4. The summed E-state index contributed by atoms with van der Waals surface area (Å²) in [4.78, 5) is 36.3. The topological polar surface area (TPSA) is 96.5 Å². The van der Waals surface area contributed by atoms with Gasteiger partial charge in [-0.05, 0) is 54.7 Å². The summed E-state index contributed by atoms with van der Waals surface area (Å²) in [5, 5.41) is 2.71. The SMILES string of the molecule is CCC(=O)Nc1ccc(C(=O)NNC(=O)C(CC)Oc2ccccc2C(C)CC)cc1. The minimum Gasteiger partial charge on any atom is -0.480 e. The molecule has 0 heterocycles. The maximum atomic E-state index is 12.6. The zero-order valence-corrected chi connectivity index (χ0v) is 18.5. The molecule has 7 heteroatoms. The van der Waals surface area contributed by atoms with E-state index in [4.69, 9.17) is 4.74 Å². The molecule has 2 unspecified atom stereocenters. The number of anilines is 1. The molecular weight excluding hydrogens is 394 g/mol. The van der Waals surface area contributed by atoms with Gasteiger partial charge in [-0.25, -0.2) is 0 Å². The monoisotopic (exact) mass is 425 g/mol. The number of hydrogen-bond donors (Lipinski definition) is 3. The predicted octanol–water partition coefficient (Wildman–Crippen LogP) is 4.17. The van der Waals surface area contributed by atoms with Gasteiger partial charge < -0.3 is 10.1 Å². The van der Waals surface area contributed by atoms with Crippen LogP contribution in [0.3, 0.4) is 0 Å². The van der Waals surface area contributed by atoms with Gasteiger partial charge >= 0.3 is 0 Å². The average molecular weight is 426 g/mol. The number of benzene rings is 2. The van der Waals surface area contributed by atoms with Crippen LogP contribution < -0.4 is 20.9 Å². The fraction of sp³-hybridized carbons (Fsp3) is 0.375. The van der Waals surface area contributed by atoms with E-state index in [2.05, 4.69) is 30.0 Å². The highest BCUT2D eigenvalue weighted by Gasteiger charge is 2.21. The predicted molar refractivity (Wildman–Crippen MR) is 121 cm³/mol. The zero-order chi connectivity index (χ0) is 22.8. The second-order valence-electron chi connectivity index (χ2n) is 7.28. The molecule has 0 saturated heterocycles. The minimum atomic E-state index is -0.739. The van der Waals surface area contributed by atoms with Gasteiger partial charge in [0.25, 0.3) is 11.8 Å². The Kier molecular flexibility index (Phi) is 9.06. The lowest BCUT2D eigenvalue weighted by molar-refractivity contribution is -0.129. The van der Waals surface area contributed by atoms with E-state index in [0.29, 0.717) is 35.8 Å². The highest BCUT2D eigenvalue weighted by Crippen LogP contribution is 2.29. The first-order valence-corrected chi connectivity index (χ1v) is 10.6. The van der Waals surface area contributed by atoms with Gasteiger partial charge in [-0.1, -0.05) is 45.9 Å². The molecule has 7 nitrogen and oxygen atoms in total. The van der Waals surface area contributed by atoms with E-state index in [0.717, 1.165) is 12.0 Å². The smallest absolute Gasteiger partial charge is 0.279 e. The number of para-hydroxylation sites is 1. The van der Waals surface area contributed by atoms with Gasteiger partial charge in [0.1, 0.15) is 5.75 Å². The second kappa shape index (κ2) is 11.7. The number of rotatable bonds is 9. The third kappa shape index (κ3) is 6.84. The molecule has 2 rings (SSSR count). The number of amides is 3. The molecule has 2 aromatic rings. The third-order valence-electron chi connectivity index (χ3n) is 5.05. The molecule has 0 saturated carbocycles. The molecule has 0 aliphatic carbocycles. The Hall–Kier alpha value is -3.35. The van der Waals surface area contributed by atoms with Gasteiger partial charge in [-0.15, -0.1) is 0 Å². The van der Waals surface area contributed by atoms with Crippen LogP contribution in [0.1, 0.15) is 68.8 Å². The van der Waals surface area contributed by atoms with Crippen molar-refractivity contribution in [3.63, 3.8) is 0 Å². The fourth-order valence-corrected chi connectivity index (χ4v) is 2.92. The molecule has 2 aromatic carbocycles. The molecule has 0 fully saturated rings. The van der Waals surface area contributed by atoms with E-state index in [1.54, 1.807) is 31.2 Å². The summed E-state index contributed by atoms with van der Waals surface area (Å²) < 4.78 is 5.98. The summed E-state index contributed by atoms with van der Waals surface area (Å²) in [6, 6.07) is 14.1. The van der Waals surface area contributed by atoms with Crippen molar-refractivity contribution in [1.29, 1.82) is 0 Å². The fourth-order valence-electron chi connectivity index (χ4n) is 2.92. The minimum absolute atomic E-state index is 0.107. The molecule has 0 spiro atoms. The first kappa shape index (κ1) is 23.9. The van der Waals surface area contributed by atoms with E-state index in [1.165, 1.54) is 0 Å². The van der Waals surface area contributed by atoms with Crippen molar-refractivity contribution in [2.75, 3.05) is 5.32 Å². The van der Waals surface area contributed by atoms with Crippen LogP contribution in [0, 0.1) is 0 Å². The summed E-state index contributed by atoms with van der Waals surface area (Å²) in [5.41, 5.74) is 6.86. The molecule has 3 N–H and O–H groups in total. The van der Waals surface area contributed by atoms with Crippen LogP contribution in [0.25, 0.3) is 0 Å². The molecular formula is C24H31N3O4. The van der Waals surface area contributed by atoms with Gasteiger partial charge in [-0.2, -0.15) is 0 Å². The molecule has 0 aliphatic rings. The van der Waals surface area contributed by atoms with Crippen molar-refractivity contribution >= 4 is 23.4 Å². The van der Waals surface area contributed by atoms with E-state index in [-0.39, 0.29) is 5.91 Å². The molecule has 3 amide bonds. The Morgan fingerprint density at radius 2 is 1.58 bits per heavy atom. The van der Waals surface area contributed by atoms with Crippen LogP contribution in [-0.4, -0.2) is 23.8 Å². The van der Waals surface area contributed by atoms with Crippen LogP contribution >= 0.6 is 0 Å². The first-order valence-electron chi connectivity index (χ1n) is 10.6. The Balaban J connectivity index is 1.96. The number of carbonyl (C=O) groups excluding carboxylic acids is 3. The lowest BCUT2D eigenvalue weighted by Crippen LogP contribution is -2.48. The van der Waals surface area contributed by atoms with Crippen molar-refractivity contribution in [1.82, 2.24) is 10.9 Å². The van der Waals surface area contributed by atoms with Gasteiger partial charge in [0, 0.05) is 17.7 Å². The van der Waals surface area contributed by atoms with Crippen LogP contribution in [0.5, 0.6) is 5.75 Å². The molecule has 0 radical (unpaired) electrons. The van der Waals surface area contributed by atoms with E-state index >= 15 is 0 Å². The van der Waals surface area contributed by atoms with Crippen LogP contribution in [-0.2, 0) is 9.59 Å². The number of ether oxygens (including phenoxy) is 1. The Labute approximate surface area is 183 Å². The molecule has 0 bridgehead atoms. The summed E-state index contributed by atoms with van der Waals surface area (Å²) >= 11 is 0. The number of carbonyl (C=O) groups is 3. The summed E-state index contributed by atoms with van der Waals surface area (Å²) in [6.07, 6.45) is 1.04. The van der Waals surface area contributed by atoms with Crippen molar-refractivity contribution < 1.29 is 19.1 Å². The lowest BCUT2D eigenvalue weighted by atomic mass is 9.98. The Morgan fingerprint density at radius 3 is 2.19 bits per heavy atom.